The molecule has 2 aromatic heterocycles. The Bertz CT molecular complexity index is 870. The Morgan fingerprint density at radius 3 is 2.58 bits per heavy atom. The lowest BCUT2D eigenvalue weighted by Gasteiger charge is -2.08. The zero-order valence-corrected chi connectivity index (χ0v) is 14.9. The summed E-state index contributed by atoms with van der Waals surface area (Å²) in [6.45, 7) is 1.86. The molecule has 3 aromatic rings. The van der Waals surface area contributed by atoms with Gasteiger partial charge in [0.1, 0.15) is 4.88 Å². The first-order valence-electron chi connectivity index (χ1n) is 6.92. The molecule has 0 radical (unpaired) electrons. The van der Waals surface area contributed by atoms with E-state index in [1.807, 2.05) is 24.4 Å². The zero-order valence-electron chi connectivity index (χ0n) is 12.5. The number of aromatic nitrogens is 1. The van der Waals surface area contributed by atoms with E-state index in [1.165, 1.54) is 17.5 Å². The molecule has 5 nitrogen and oxygen atoms in total. The normalized spacial score (nSPS) is 10.4. The topological polar surface area (TPSA) is 71.1 Å². The third-order valence-corrected chi connectivity index (χ3v) is 5.25. The van der Waals surface area contributed by atoms with Crippen LogP contribution in [0.3, 0.4) is 0 Å². The lowest BCUT2D eigenvalue weighted by molar-refractivity contribution is 0.102. The number of nitrogens with zero attached hydrogens (tertiary/aromatic N) is 1. The number of hydrogen-bond donors (Lipinski definition) is 2. The highest BCUT2D eigenvalue weighted by Crippen LogP contribution is 2.27. The summed E-state index contributed by atoms with van der Waals surface area (Å²) < 4.78 is 0. The molecule has 0 unspecified atom stereocenters. The molecule has 3 rings (SSSR count). The molecule has 2 N–H and O–H groups in total. The molecular weight excluding hydrogens is 366 g/mol. The van der Waals surface area contributed by atoms with Crippen LogP contribution in [0.5, 0.6) is 0 Å². The van der Waals surface area contributed by atoms with Crippen LogP contribution in [0.25, 0.3) is 0 Å². The van der Waals surface area contributed by atoms with Crippen molar-refractivity contribution in [2.24, 2.45) is 0 Å². The van der Waals surface area contributed by atoms with E-state index in [0.29, 0.717) is 25.6 Å². The van der Waals surface area contributed by atoms with Crippen LogP contribution in [-0.2, 0) is 0 Å². The molecule has 0 saturated carbocycles. The van der Waals surface area contributed by atoms with Crippen molar-refractivity contribution < 1.29 is 9.59 Å². The van der Waals surface area contributed by atoms with Gasteiger partial charge in [0.15, 0.2) is 5.13 Å². The van der Waals surface area contributed by atoms with Crippen LogP contribution >= 0.6 is 34.3 Å². The van der Waals surface area contributed by atoms with Gasteiger partial charge in [0, 0.05) is 0 Å². The number of thiazole rings is 1. The minimum atomic E-state index is -0.319. The molecule has 2 amide bonds. The molecule has 0 aliphatic rings. The van der Waals surface area contributed by atoms with Crippen molar-refractivity contribution in [3.05, 3.63) is 62.2 Å². The van der Waals surface area contributed by atoms with Crippen molar-refractivity contribution >= 4 is 56.9 Å². The highest BCUT2D eigenvalue weighted by molar-refractivity contribution is 7.18. The molecule has 0 aliphatic carbocycles. The number of thiophene rings is 1. The molecular formula is C16H12ClN3O2S2. The van der Waals surface area contributed by atoms with Crippen LogP contribution < -0.4 is 10.6 Å². The summed E-state index contributed by atoms with van der Waals surface area (Å²) >= 11 is 8.55. The highest BCUT2D eigenvalue weighted by Gasteiger charge is 2.15. The van der Waals surface area contributed by atoms with Gasteiger partial charge in [0.25, 0.3) is 11.8 Å². The van der Waals surface area contributed by atoms with E-state index in [1.54, 1.807) is 18.2 Å². The lowest BCUT2D eigenvalue weighted by atomic mass is 10.2. The fraction of sp³-hybridized carbons (Fsp3) is 0.0625. The summed E-state index contributed by atoms with van der Waals surface area (Å²) in [6, 6.07) is 8.91. The van der Waals surface area contributed by atoms with Gasteiger partial charge in [-0.05, 0) is 30.0 Å². The first kappa shape index (κ1) is 16.6. The highest BCUT2D eigenvalue weighted by atomic mass is 35.5. The van der Waals surface area contributed by atoms with Gasteiger partial charge >= 0.3 is 0 Å². The van der Waals surface area contributed by atoms with Crippen molar-refractivity contribution in [3.63, 3.8) is 0 Å². The fourth-order valence-electron chi connectivity index (χ4n) is 1.97. The first-order valence-corrected chi connectivity index (χ1v) is 8.99. The van der Waals surface area contributed by atoms with Gasteiger partial charge in [-0.15, -0.1) is 11.3 Å². The van der Waals surface area contributed by atoms with E-state index < -0.39 is 0 Å². The van der Waals surface area contributed by atoms with Gasteiger partial charge in [-0.2, -0.15) is 0 Å². The van der Waals surface area contributed by atoms with Crippen LogP contribution in [-0.4, -0.2) is 16.8 Å². The van der Waals surface area contributed by atoms with Gasteiger partial charge in [-0.25, -0.2) is 4.98 Å². The summed E-state index contributed by atoms with van der Waals surface area (Å²) in [6.07, 6.45) is 1.43. The lowest BCUT2D eigenvalue weighted by Crippen LogP contribution is -2.11. The molecule has 0 atom stereocenters. The number of amides is 2. The molecule has 0 aliphatic heterocycles. The van der Waals surface area contributed by atoms with Crippen LogP contribution in [0.2, 0.25) is 5.02 Å². The summed E-state index contributed by atoms with van der Waals surface area (Å²) in [5.41, 5.74) is 1.44. The van der Waals surface area contributed by atoms with E-state index in [0.717, 1.165) is 16.9 Å². The van der Waals surface area contributed by atoms with Crippen molar-refractivity contribution in [1.82, 2.24) is 4.98 Å². The quantitative estimate of drug-likeness (QED) is 0.693. The smallest absolute Gasteiger partial charge is 0.267 e. The Morgan fingerprint density at radius 1 is 1.08 bits per heavy atom. The number of para-hydroxylation sites is 1. The van der Waals surface area contributed by atoms with E-state index in [4.69, 9.17) is 11.6 Å². The molecule has 0 saturated heterocycles. The molecule has 0 spiro atoms. The monoisotopic (exact) mass is 377 g/mol. The van der Waals surface area contributed by atoms with Gasteiger partial charge in [-0.3, -0.25) is 14.9 Å². The Kier molecular flexibility index (Phi) is 4.94. The molecule has 1 aromatic carbocycles. The fourth-order valence-corrected chi connectivity index (χ4v) is 3.56. The van der Waals surface area contributed by atoms with Crippen molar-refractivity contribution in [2.75, 3.05) is 10.6 Å². The number of benzene rings is 1. The molecule has 2 heterocycles. The maximum Gasteiger partial charge on any atom is 0.267 e. The van der Waals surface area contributed by atoms with Crippen LogP contribution in [0, 0.1) is 6.92 Å². The number of halogens is 1. The minimum Gasteiger partial charge on any atom is -0.320 e. The van der Waals surface area contributed by atoms with Crippen molar-refractivity contribution in [3.8, 4) is 0 Å². The second kappa shape index (κ2) is 7.12. The van der Waals surface area contributed by atoms with Gasteiger partial charge < -0.3 is 5.32 Å². The Labute approximate surface area is 151 Å². The number of anilines is 2. The largest absolute Gasteiger partial charge is 0.320 e. The second-order valence-corrected chi connectivity index (χ2v) is 7.23. The Balaban J connectivity index is 1.71. The molecule has 24 heavy (non-hydrogen) atoms. The summed E-state index contributed by atoms with van der Waals surface area (Å²) in [4.78, 5) is 29.4. The standard InChI is InChI=1S/C16H12ClN3O2S2/c1-9-4-2-5-10(17)13(9)19-15(22)12-8-18-16(24-12)20-14(21)11-6-3-7-23-11/h2-8H,1H3,(H,19,22)(H,18,20,21). The van der Waals surface area contributed by atoms with E-state index in [9.17, 15) is 9.59 Å². The molecule has 0 bridgehead atoms. The maximum absolute atomic E-state index is 12.3. The Morgan fingerprint density at radius 2 is 1.88 bits per heavy atom. The number of rotatable bonds is 4. The zero-order chi connectivity index (χ0) is 17.1. The number of carbonyl (C=O) groups is 2. The Hall–Kier alpha value is -2.22. The SMILES string of the molecule is Cc1cccc(Cl)c1NC(=O)c1cnc(NC(=O)c2cccs2)s1. The van der Waals surface area contributed by atoms with E-state index in [2.05, 4.69) is 15.6 Å². The summed E-state index contributed by atoms with van der Waals surface area (Å²) in [5.74, 6) is -0.562. The third kappa shape index (κ3) is 3.64. The van der Waals surface area contributed by atoms with Crippen molar-refractivity contribution in [1.29, 1.82) is 0 Å². The molecule has 0 fully saturated rings. The van der Waals surface area contributed by atoms with Gasteiger partial charge in [0.05, 0.1) is 21.8 Å². The average molecular weight is 378 g/mol. The van der Waals surface area contributed by atoms with Crippen LogP contribution in [0.15, 0.2) is 41.9 Å². The number of nitrogens with one attached hydrogen (secondary N) is 2. The molecule has 122 valence electrons. The van der Waals surface area contributed by atoms with Gasteiger partial charge in [0.2, 0.25) is 0 Å². The van der Waals surface area contributed by atoms with E-state index in [-0.39, 0.29) is 11.8 Å². The predicted molar refractivity (Wildman–Crippen MR) is 98.5 cm³/mol. The van der Waals surface area contributed by atoms with Crippen LogP contribution in [0.4, 0.5) is 10.8 Å². The first-order chi connectivity index (χ1) is 11.5. The second-order valence-electron chi connectivity index (χ2n) is 4.85. The maximum atomic E-state index is 12.3. The predicted octanol–water partition coefficient (Wildman–Crippen LogP) is 4.67. The summed E-state index contributed by atoms with van der Waals surface area (Å²) in [7, 11) is 0. The molecule has 8 heteroatoms. The van der Waals surface area contributed by atoms with Gasteiger partial charge in [-0.1, -0.05) is 41.1 Å². The summed E-state index contributed by atoms with van der Waals surface area (Å²) in [5, 5.41) is 8.12. The van der Waals surface area contributed by atoms with Crippen LogP contribution in [0.1, 0.15) is 24.9 Å². The number of hydrogen-bond acceptors (Lipinski definition) is 5. The minimum absolute atomic E-state index is 0.242. The van der Waals surface area contributed by atoms with Crippen molar-refractivity contribution in [2.45, 2.75) is 6.92 Å². The van der Waals surface area contributed by atoms with E-state index >= 15 is 0 Å². The average Bonchev–Trinajstić information content (AvgIpc) is 3.22. The third-order valence-electron chi connectivity index (χ3n) is 3.16. The number of aryl methyl sites for hydroxylation is 1. The number of carbonyl (C=O) groups excluding carboxylic acids is 2.